The Morgan fingerprint density at radius 1 is 1.29 bits per heavy atom. The van der Waals surface area contributed by atoms with Crippen molar-refractivity contribution in [2.75, 3.05) is 13.2 Å². The smallest absolute Gasteiger partial charge is 0.336 e. The molecule has 0 aliphatic carbocycles. The third kappa shape index (κ3) is 3.84. The molecule has 0 unspecified atom stereocenters. The van der Waals surface area contributed by atoms with E-state index in [4.69, 9.17) is 9.15 Å². The summed E-state index contributed by atoms with van der Waals surface area (Å²) in [5.41, 5.74) is 1.04. The van der Waals surface area contributed by atoms with Gasteiger partial charge in [0.25, 0.3) is 5.91 Å². The van der Waals surface area contributed by atoms with Crippen LogP contribution >= 0.6 is 0 Å². The van der Waals surface area contributed by atoms with Crippen molar-refractivity contribution in [3.8, 4) is 5.75 Å². The van der Waals surface area contributed by atoms with Gasteiger partial charge in [-0.1, -0.05) is 13.8 Å². The Kier molecular flexibility index (Phi) is 4.98. The van der Waals surface area contributed by atoms with Crippen molar-refractivity contribution in [3.05, 3.63) is 40.2 Å². The maximum absolute atomic E-state index is 11.5. The van der Waals surface area contributed by atoms with E-state index in [9.17, 15) is 9.59 Å². The van der Waals surface area contributed by atoms with Gasteiger partial charge in [0.2, 0.25) is 0 Å². The van der Waals surface area contributed by atoms with Gasteiger partial charge in [-0.15, -0.1) is 0 Å². The molecule has 0 fully saturated rings. The minimum absolute atomic E-state index is 0.0524. The summed E-state index contributed by atoms with van der Waals surface area (Å²) < 4.78 is 10.6. The van der Waals surface area contributed by atoms with Crippen molar-refractivity contribution < 1.29 is 13.9 Å². The maximum atomic E-state index is 11.5. The van der Waals surface area contributed by atoms with Gasteiger partial charge in [-0.25, -0.2) is 4.79 Å². The zero-order chi connectivity index (χ0) is 15.2. The second-order valence-electron chi connectivity index (χ2n) is 4.74. The second kappa shape index (κ2) is 6.92. The number of nitrogens with one attached hydrogen (secondary N) is 1. The first-order valence-corrected chi connectivity index (χ1v) is 7.10. The molecule has 5 nitrogen and oxygen atoms in total. The fourth-order valence-electron chi connectivity index (χ4n) is 2.06. The molecule has 0 spiro atoms. The first-order chi connectivity index (χ1) is 10.1. The minimum atomic E-state index is -0.378. The van der Waals surface area contributed by atoms with Crippen LogP contribution in [0.1, 0.15) is 25.8 Å². The molecule has 0 aliphatic heterocycles. The van der Waals surface area contributed by atoms with Crippen LogP contribution in [-0.4, -0.2) is 19.1 Å². The number of hydrogen-bond acceptors (Lipinski definition) is 4. The molecule has 0 atom stereocenters. The zero-order valence-electron chi connectivity index (χ0n) is 12.3. The number of hydrogen-bond donors (Lipinski definition) is 1. The molecular weight excluding hydrogens is 270 g/mol. The van der Waals surface area contributed by atoms with Crippen LogP contribution < -0.4 is 15.7 Å². The highest BCUT2D eigenvalue weighted by molar-refractivity contribution is 5.82. The fourth-order valence-corrected chi connectivity index (χ4v) is 2.06. The van der Waals surface area contributed by atoms with Crippen molar-refractivity contribution in [2.24, 2.45) is 0 Å². The van der Waals surface area contributed by atoms with Gasteiger partial charge in [0.15, 0.2) is 6.61 Å². The van der Waals surface area contributed by atoms with Crippen LogP contribution in [0.4, 0.5) is 0 Å². The Hall–Kier alpha value is -2.30. The lowest BCUT2D eigenvalue weighted by Gasteiger charge is -2.08. The molecule has 1 aromatic heterocycles. The quantitative estimate of drug-likeness (QED) is 0.828. The van der Waals surface area contributed by atoms with Crippen molar-refractivity contribution >= 4 is 16.9 Å². The molecule has 1 heterocycles. The summed E-state index contributed by atoms with van der Waals surface area (Å²) in [6, 6.07) is 6.76. The number of ether oxygens (including phenoxy) is 1. The summed E-state index contributed by atoms with van der Waals surface area (Å²) in [7, 11) is 0. The normalized spacial score (nSPS) is 10.6. The SMILES string of the molecule is CCCNC(=O)COc1ccc2c(CC)cc(=O)oc2c1. The molecule has 21 heavy (non-hydrogen) atoms. The van der Waals surface area contributed by atoms with Gasteiger partial charge >= 0.3 is 5.63 Å². The molecule has 0 aliphatic rings. The van der Waals surface area contributed by atoms with E-state index >= 15 is 0 Å². The molecule has 0 saturated heterocycles. The van der Waals surface area contributed by atoms with Gasteiger partial charge in [0.05, 0.1) is 0 Å². The van der Waals surface area contributed by atoms with E-state index in [1.807, 2.05) is 19.9 Å². The average molecular weight is 289 g/mol. The van der Waals surface area contributed by atoms with Gasteiger partial charge < -0.3 is 14.5 Å². The zero-order valence-corrected chi connectivity index (χ0v) is 12.3. The molecule has 112 valence electrons. The van der Waals surface area contributed by atoms with Crippen molar-refractivity contribution in [1.29, 1.82) is 0 Å². The second-order valence-corrected chi connectivity index (χ2v) is 4.74. The van der Waals surface area contributed by atoms with Crippen molar-refractivity contribution in [3.63, 3.8) is 0 Å². The molecule has 2 aromatic rings. The molecule has 1 N–H and O–H groups in total. The van der Waals surface area contributed by atoms with Gasteiger partial charge in [-0.2, -0.15) is 0 Å². The molecule has 0 radical (unpaired) electrons. The first-order valence-electron chi connectivity index (χ1n) is 7.10. The molecule has 0 bridgehead atoms. The van der Waals surface area contributed by atoms with E-state index < -0.39 is 0 Å². The first kappa shape index (κ1) is 15.1. The van der Waals surface area contributed by atoms with Crippen molar-refractivity contribution in [1.82, 2.24) is 5.32 Å². The molecular formula is C16H19NO4. The number of fused-ring (bicyclic) bond motifs is 1. The molecule has 5 heteroatoms. The number of rotatable bonds is 6. The summed E-state index contributed by atoms with van der Waals surface area (Å²) in [4.78, 5) is 23.0. The Morgan fingerprint density at radius 2 is 2.10 bits per heavy atom. The number of aryl methyl sites for hydroxylation is 1. The Morgan fingerprint density at radius 3 is 2.81 bits per heavy atom. The predicted molar refractivity (Wildman–Crippen MR) is 80.7 cm³/mol. The topological polar surface area (TPSA) is 68.5 Å². The van der Waals surface area contributed by atoms with Gasteiger partial charge in [0, 0.05) is 24.1 Å². The maximum Gasteiger partial charge on any atom is 0.336 e. The highest BCUT2D eigenvalue weighted by Gasteiger charge is 2.07. The predicted octanol–water partition coefficient (Wildman–Crippen LogP) is 2.26. The van der Waals surface area contributed by atoms with Gasteiger partial charge in [-0.05, 0) is 30.5 Å². The van der Waals surface area contributed by atoms with E-state index in [0.29, 0.717) is 17.9 Å². The summed E-state index contributed by atoms with van der Waals surface area (Å²) in [5, 5.41) is 3.62. The highest BCUT2D eigenvalue weighted by atomic mass is 16.5. The van der Waals surface area contributed by atoms with E-state index in [1.165, 1.54) is 6.07 Å². The molecule has 1 aromatic carbocycles. The van der Waals surface area contributed by atoms with Crippen LogP contribution in [0.15, 0.2) is 33.5 Å². The lowest BCUT2D eigenvalue weighted by Crippen LogP contribution is -2.29. The van der Waals surface area contributed by atoms with Crippen LogP contribution in [0.2, 0.25) is 0 Å². The van der Waals surface area contributed by atoms with Crippen molar-refractivity contribution in [2.45, 2.75) is 26.7 Å². The standard InChI is InChI=1S/C16H19NO4/c1-3-7-17-15(18)10-20-12-5-6-13-11(4-2)8-16(19)21-14(13)9-12/h5-6,8-9H,3-4,7,10H2,1-2H3,(H,17,18). The number of amides is 1. The van der Waals surface area contributed by atoms with Crippen LogP contribution in [0.25, 0.3) is 11.0 Å². The fraction of sp³-hybridized carbons (Fsp3) is 0.375. The Labute approximate surface area is 122 Å². The summed E-state index contributed by atoms with van der Waals surface area (Å²) >= 11 is 0. The number of carbonyl (C=O) groups excluding carboxylic acids is 1. The van der Waals surface area contributed by atoms with Crippen LogP contribution in [0.5, 0.6) is 5.75 Å². The summed E-state index contributed by atoms with van der Waals surface area (Å²) in [6.45, 7) is 4.55. The summed E-state index contributed by atoms with van der Waals surface area (Å²) in [5.74, 6) is 0.339. The third-order valence-corrected chi connectivity index (χ3v) is 3.12. The van der Waals surface area contributed by atoms with E-state index in [0.717, 1.165) is 23.8 Å². The highest BCUT2D eigenvalue weighted by Crippen LogP contribution is 2.22. The largest absolute Gasteiger partial charge is 0.484 e. The van der Waals surface area contributed by atoms with Crippen LogP contribution in [0.3, 0.4) is 0 Å². The molecule has 2 rings (SSSR count). The number of benzene rings is 1. The third-order valence-electron chi connectivity index (χ3n) is 3.12. The lowest BCUT2D eigenvalue weighted by molar-refractivity contribution is -0.123. The number of carbonyl (C=O) groups is 1. The van der Waals surface area contributed by atoms with Crippen LogP contribution in [-0.2, 0) is 11.2 Å². The summed E-state index contributed by atoms with van der Waals surface area (Å²) in [6.07, 6.45) is 1.63. The minimum Gasteiger partial charge on any atom is -0.484 e. The lowest BCUT2D eigenvalue weighted by atomic mass is 10.1. The van der Waals surface area contributed by atoms with E-state index in [1.54, 1.807) is 12.1 Å². The van der Waals surface area contributed by atoms with E-state index in [-0.39, 0.29) is 18.1 Å². The Balaban J connectivity index is 2.15. The van der Waals surface area contributed by atoms with E-state index in [2.05, 4.69) is 5.32 Å². The molecule has 1 amide bonds. The van der Waals surface area contributed by atoms with Gasteiger partial charge in [-0.3, -0.25) is 4.79 Å². The Bertz CT molecular complexity index is 690. The van der Waals surface area contributed by atoms with Crippen LogP contribution in [0, 0.1) is 0 Å². The molecule has 0 saturated carbocycles. The monoisotopic (exact) mass is 289 g/mol. The average Bonchev–Trinajstić information content (AvgIpc) is 2.49. The van der Waals surface area contributed by atoms with Gasteiger partial charge in [0.1, 0.15) is 11.3 Å².